The van der Waals surface area contributed by atoms with Crippen LogP contribution in [0.15, 0.2) is 46.6 Å². The van der Waals surface area contributed by atoms with Gasteiger partial charge in [0.05, 0.1) is 11.7 Å². The number of allylic oxidation sites excluding steroid dienone is 8. The zero-order chi connectivity index (χ0) is 31.6. The van der Waals surface area contributed by atoms with Crippen LogP contribution < -0.4 is 0 Å². The molecule has 0 aromatic heterocycles. The predicted octanol–water partition coefficient (Wildman–Crippen LogP) is 7.05. The van der Waals surface area contributed by atoms with Crippen molar-refractivity contribution in [3.8, 4) is 0 Å². The van der Waals surface area contributed by atoms with Gasteiger partial charge in [-0.2, -0.15) is 0 Å². The van der Waals surface area contributed by atoms with Gasteiger partial charge in [0.15, 0.2) is 0 Å². The Labute approximate surface area is 249 Å². The third-order valence-electron chi connectivity index (χ3n) is 7.21. The van der Waals surface area contributed by atoms with E-state index in [1.807, 2.05) is 6.92 Å². The Morgan fingerprint density at radius 2 is 1.07 bits per heavy atom. The Morgan fingerprint density at radius 1 is 0.659 bits per heavy atom. The number of rotatable bonds is 20. The average molecular weight is 579 g/mol. The molecule has 3 N–H and O–H groups in total. The van der Waals surface area contributed by atoms with Crippen molar-refractivity contribution in [2.75, 3.05) is 6.61 Å². The number of aliphatic hydroxyl groups excluding tert-OH is 1. The van der Waals surface area contributed by atoms with E-state index in [1.165, 1.54) is 37.5 Å². The number of carbonyl (C=O) groups is 2. The van der Waals surface area contributed by atoms with E-state index in [0.717, 1.165) is 50.5 Å². The van der Waals surface area contributed by atoms with E-state index in [0.29, 0.717) is 19.3 Å². The summed E-state index contributed by atoms with van der Waals surface area (Å²) in [5.41, 5.74) is 2.64. The standard InChI is InChI=1S/C34H58O7/c1-25(16-12-18-27(3)20-22-31(37)33(7,8)38)14-10-11-15-26(2)17-13-19-28(4)21-23-32(41-30(6)36)34(9,39)24-40-29(5)35/h14-15,18-19,31-32,37-39H,10-13,16-17,20-24H2,1-9H3/b25-14+,26-15+,27-18+,28-19+/t31-,32-,34+/m1/s1. The number of unbranched alkanes of at least 4 members (excludes halogenated alkanes) is 1. The summed E-state index contributed by atoms with van der Waals surface area (Å²) in [5.74, 6) is -0.970. The quantitative estimate of drug-likeness (QED) is 0.0806. The van der Waals surface area contributed by atoms with E-state index in [2.05, 4.69) is 45.1 Å². The minimum Gasteiger partial charge on any atom is -0.463 e. The molecule has 0 aliphatic rings. The molecule has 7 heteroatoms. The van der Waals surface area contributed by atoms with Crippen molar-refractivity contribution >= 4 is 11.9 Å². The summed E-state index contributed by atoms with van der Waals surface area (Å²) < 4.78 is 10.3. The van der Waals surface area contributed by atoms with Gasteiger partial charge in [0.2, 0.25) is 0 Å². The zero-order valence-electron chi connectivity index (χ0n) is 27.2. The molecule has 0 radical (unpaired) electrons. The molecule has 0 spiro atoms. The first-order valence-corrected chi connectivity index (χ1v) is 15.0. The van der Waals surface area contributed by atoms with Crippen molar-refractivity contribution in [1.29, 1.82) is 0 Å². The third kappa shape index (κ3) is 20.3. The number of aliphatic hydroxyl groups is 3. The maximum absolute atomic E-state index is 11.5. The van der Waals surface area contributed by atoms with E-state index in [-0.39, 0.29) is 6.61 Å². The Bertz CT molecular complexity index is 916. The third-order valence-corrected chi connectivity index (χ3v) is 7.21. The second kappa shape index (κ2) is 19.8. The molecule has 3 atom stereocenters. The highest BCUT2D eigenvalue weighted by molar-refractivity contribution is 5.66. The molecule has 0 heterocycles. The second-order valence-corrected chi connectivity index (χ2v) is 12.3. The van der Waals surface area contributed by atoms with Gasteiger partial charge in [0.1, 0.15) is 18.3 Å². The van der Waals surface area contributed by atoms with Gasteiger partial charge in [0, 0.05) is 13.8 Å². The lowest BCUT2D eigenvalue weighted by Crippen LogP contribution is -2.46. The maximum atomic E-state index is 11.5. The van der Waals surface area contributed by atoms with Gasteiger partial charge in [-0.1, -0.05) is 46.6 Å². The van der Waals surface area contributed by atoms with Crippen LogP contribution in [-0.2, 0) is 19.1 Å². The van der Waals surface area contributed by atoms with Crippen LogP contribution in [0.1, 0.15) is 127 Å². The lowest BCUT2D eigenvalue weighted by Gasteiger charge is -2.31. The fraction of sp³-hybridized carbons (Fsp3) is 0.706. The minimum absolute atomic E-state index is 0.227. The first-order chi connectivity index (χ1) is 18.9. The topological polar surface area (TPSA) is 113 Å². The first-order valence-electron chi connectivity index (χ1n) is 15.0. The van der Waals surface area contributed by atoms with Crippen LogP contribution >= 0.6 is 0 Å². The lowest BCUT2D eigenvalue weighted by atomic mass is 9.94. The summed E-state index contributed by atoms with van der Waals surface area (Å²) in [7, 11) is 0. The van der Waals surface area contributed by atoms with Crippen molar-refractivity contribution in [3.63, 3.8) is 0 Å². The minimum atomic E-state index is -1.46. The molecule has 0 fully saturated rings. The van der Waals surface area contributed by atoms with Crippen molar-refractivity contribution in [3.05, 3.63) is 46.6 Å². The van der Waals surface area contributed by atoms with Gasteiger partial charge in [-0.25, -0.2) is 0 Å². The predicted molar refractivity (Wildman–Crippen MR) is 166 cm³/mol. The molecular formula is C34H58O7. The van der Waals surface area contributed by atoms with Crippen molar-refractivity contribution in [2.45, 2.75) is 150 Å². The number of hydrogen-bond acceptors (Lipinski definition) is 7. The number of esters is 2. The van der Waals surface area contributed by atoms with Crippen molar-refractivity contribution in [1.82, 2.24) is 0 Å². The van der Waals surface area contributed by atoms with E-state index >= 15 is 0 Å². The second-order valence-electron chi connectivity index (χ2n) is 12.3. The monoisotopic (exact) mass is 578 g/mol. The van der Waals surface area contributed by atoms with Crippen LogP contribution in [0, 0.1) is 0 Å². The van der Waals surface area contributed by atoms with E-state index < -0.39 is 35.3 Å². The molecule has 0 saturated carbocycles. The molecule has 0 amide bonds. The normalized spacial score (nSPS) is 16.7. The highest BCUT2D eigenvalue weighted by atomic mass is 16.6. The molecule has 0 aromatic carbocycles. The van der Waals surface area contributed by atoms with Crippen LogP contribution in [-0.4, -0.2) is 57.3 Å². The lowest BCUT2D eigenvalue weighted by molar-refractivity contribution is -0.173. The average Bonchev–Trinajstić information content (AvgIpc) is 2.85. The number of ether oxygens (including phenoxy) is 2. The van der Waals surface area contributed by atoms with Gasteiger partial charge < -0.3 is 24.8 Å². The van der Waals surface area contributed by atoms with Gasteiger partial charge in [-0.15, -0.1) is 0 Å². The van der Waals surface area contributed by atoms with Gasteiger partial charge >= 0.3 is 11.9 Å². The Morgan fingerprint density at radius 3 is 1.49 bits per heavy atom. The SMILES string of the molecule is CC(=O)OC[C@](C)(O)[C@@H](CC/C(C)=C/CC/C(C)=C/CC/C=C(\C)CC/C=C(\C)CC[C@@H](O)C(C)(C)O)OC(C)=O. The Kier molecular flexibility index (Phi) is 18.7. The summed E-state index contributed by atoms with van der Waals surface area (Å²) in [6, 6.07) is 0. The van der Waals surface area contributed by atoms with Crippen LogP contribution in [0.4, 0.5) is 0 Å². The molecule has 0 aliphatic heterocycles. The first kappa shape index (κ1) is 38.8. The molecule has 0 rings (SSSR count). The summed E-state index contributed by atoms with van der Waals surface area (Å²) in [4.78, 5) is 22.7. The summed E-state index contributed by atoms with van der Waals surface area (Å²) >= 11 is 0. The van der Waals surface area contributed by atoms with E-state index in [4.69, 9.17) is 9.47 Å². The Balaban J connectivity index is 4.49. The molecule has 0 saturated heterocycles. The molecular weight excluding hydrogens is 520 g/mol. The summed E-state index contributed by atoms with van der Waals surface area (Å²) in [6.45, 7) is 15.6. The fourth-order valence-corrected chi connectivity index (χ4v) is 4.27. The van der Waals surface area contributed by atoms with Crippen LogP contribution in [0.2, 0.25) is 0 Å². The molecule has 0 aliphatic carbocycles. The zero-order valence-corrected chi connectivity index (χ0v) is 27.2. The van der Waals surface area contributed by atoms with Crippen LogP contribution in [0.5, 0.6) is 0 Å². The largest absolute Gasteiger partial charge is 0.463 e. The summed E-state index contributed by atoms with van der Waals surface area (Å²) in [6.07, 6.45) is 16.0. The molecule has 236 valence electrons. The van der Waals surface area contributed by atoms with Crippen molar-refractivity contribution < 1.29 is 34.4 Å². The van der Waals surface area contributed by atoms with Crippen LogP contribution in [0.3, 0.4) is 0 Å². The molecule has 0 unspecified atom stereocenters. The van der Waals surface area contributed by atoms with Gasteiger partial charge in [0.25, 0.3) is 0 Å². The van der Waals surface area contributed by atoms with Gasteiger partial charge in [-0.3, -0.25) is 9.59 Å². The molecule has 0 bridgehead atoms. The number of carbonyl (C=O) groups excluding carboxylic acids is 2. The van der Waals surface area contributed by atoms with Gasteiger partial charge in [-0.05, 0) is 113 Å². The Hall–Kier alpha value is -2.22. The van der Waals surface area contributed by atoms with E-state index in [1.54, 1.807) is 13.8 Å². The van der Waals surface area contributed by atoms with E-state index in [9.17, 15) is 24.9 Å². The molecule has 41 heavy (non-hydrogen) atoms. The van der Waals surface area contributed by atoms with Crippen LogP contribution in [0.25, 0.3) is 0 Å². The maximum Gasteiger partial charge on any atom is 0.303 e. The highest BCUT2D eigenvalue weighted by Crippen LogP contribution is 2.23. The smallest absolute Gasteiger partial charge is 0.303 e. The molecule has 0 aromatic rings. The number of hydrogen-bond donors (Lipinski definition) is 3. The molecule has 7 nitrogen and oxygen atoms in total. The highest BCUT2D eigenvalue weighted by Gasteiger charge is 2.35. The summed E-state index contributed by atoms with van der Waals surface area (Å²) in [5, 5.41) is 30.5. The fourth-order valence-electron chi connectivity index (χ4n) is 4.27. The van der Waals surface area contributed by atoms with Crippen molar-refractivity contribution in [2.24, 2.45) is 0 Å².